The van der Waals surface area contributed by atoms with Crippen LogP contribution in [0.4, 0.5) is 9.59 Å². The zero-order chi connectivity index (χ0) is 33.6. The van der Waals surface area contributed by atoms with E-state index >= 15 is 0 Å². The highest BCUT2D eigenvalue weighted by Crippen LogP contribution is 2.15. The van der Waals surface area contributed by atoms with Gasteiger partial charge < -0.3 is 34.9 Å². The monoisotopic (exact) mass is 689 g/mol. The van der Waals surface area contributed by atoms with Gasteiger partial charge in [-0.15, -0.1) is 0 Å². The molecule has 0 radical (unpaired) electrons. The SMILES string of the molecule is CC(C)(C)OC(=O)CC[C@H](NC(=O)N[C@@H](CCCCNC(=O)OCc1ccccc1)C(=O)OC(C)(C)C)C(=O)OC(C)(C)C.S.S. The Kier molecular flexibility index (Phi) is 20.4. The second-order valence-electron chi connectivity index (χ2n) is 13.4. The van der Waals surface area contributed by atoms with E-state index in [9.17, 15) is 24.0 Å². The molecule has 46 heavy (non-hydrogen) atoms. The van der Waals surface area contributed by atoms with Crippen molar-refractivity contribution >= 4 is 57.0 Å². The Labute approximate surface area is 287 Å². The summed E-state index contributed by atoms with van der Waals surface area (Å²) in [7, 11) is 0. The van der Waals surface area contributed by atoms with Crippen LogP contribution < -0.4 is 16.0 Å². The van der Waals surface area contributed by atoms with Crippen molar-refractivity contribution in [2.45, 2.75) is 130 Å². The Morgan fingerprint density at radius 2 is 1.15 bits per heavy atom. The molecule has 0 spiro atoms. The summed E-state index contributed by atoms with van der Waals surface area (Å²) in [5, 5.41) is 7.79. The number of nitrogens with one attached hydrogen (secondary N) is 3. The van der Waals surface area contributed by atoms with E-state index in [1.165, 1.54) is 0 Å². The number of carbonyl (C=O) groups is 5. The van der Waals surface area contributed by atoms with Gasteiger partial charge in [-0.25, -0.2) is 19.2 Å². The number of unbranched alkanes of at least 4 members (excludes halogenated alkanes) is 1. The van der Waals surface area contributed by atoms with Crippen molar-refractivity contribution in [3.8, 4) is 0 Å². The lowest BCUT2D eigenvalue weighted by Crippen LogP contribution is -2.53. The van der Waals surface area contributed by atoms with E-state index < -0.39 is 58.9 Å². The largest absolute Gasteiger partial charge is 0.460 e. The Balaban J connectivity index is 0. The predicted molar refractivity (Wildman–Crippen MR) is 185 cm³/mol. The first-order valence-corrected chi connectivity index (χ1v) is 14.9. The molecule has 0 bridgehead atoms. The molecule has 0 unspecified atom stereocenters. The average molecular weight is 690 g/mol. The molecule has 1 rings (SSSR count). The van der Waals surface area contributed by atoms with Gasteiger partial charge in [-0.3, -0.25) is 4.79 Å². The predicted octanol–water partition coefficient (Wildman–Crippen LogP) is 5.15. The highest BCUT2D eigenvalue weighted by Gasteiger charge is 2.31. The van der Waals surface area contributed by atoms with Gasteiger partial charge in [0.2, 0.25) is 0 Å². The van der Waals surface area contributed by atoms with Crippen LogP contribution >= 0.6 is 27.0 Å². The highest BCUT2D eigenvalue weighted by molar-refractivity contribution is 7.59. The van der Waals surface area contributed by atoms with Gasteiger partial charge in [0.1, 0.15) is 35.5 Å². The zero-order valence-electron chi connectivity index (χ0n) is 28.7. The summed E-state index contributed by atoms with van der Waals surface area (Å²) in [6.45, 7) is 15.8. The van der Waals surface area contributed by atoms with Crippen molar-refractivity contribution in [1.82, 2.24) is 16.0 Å². The Bertz CT molecular complexity index is 1100. The van der Waals surface area contributed by atoms with E-state index in [0.29, 0.717) is 19.4 Å². The summed E-state index contributed by atoms with van der Waals surface area (Å²) in [6, 6.07) is 6.27. The van der Waals surface area contributed by atoms with Crippen LogP contribution in [0, 0.1) is 0 Å². The highest BCUT2D eigenvalue weighted by atomic mass is 32.1. The molecule has 0 aliphatic carbocycles. The minimum atomic E-state index is -1.17. The third-order valence-corrected chi connectivity index (χ3v) is 5.45. The van der Waals surface area contributed by atoms with E-state index in [-0.39, 0.29) is 52.9 Å². The number of hydrogen-bond acceptors (Lipinski definition) is 9. The van der Waals surface area contributed by atoms with Gasteiger partial charge in [0.15, 0.2) is 0 Å². The average Bonchev–Trinajstić information content (AvgIpc) is 2.86. The minimum absolute atomic E-state index is 0. The summed E-state index contributed by atoms with van der Waals surface area (Å²) in [5.74, 6) is -1.90. The van der Waals surface area contributed by atoms with Gasteiger partial charge in [-0.05, 0) is 93.6 Å². The van der Waals surface area contributed by atoms with Gasteiger partial charge in [0, 0.05) is 13.0 Å². The molecular weight excluding hydrogens is 634 g/mol. The number of ether oxygens (including phenoxy) is 4. The van der Waals surface area contributed by atoms with Gasteiger partial charge in [0.25, 0.3) is 0 Å². The second-order valence-corrected chi connectivity index (χ2v) is 13.4. The molecule has 0 saturated heterocycles. The van der Waals surface area contributed by atoms with Gasteiger partial charge >= 0.3 is 30.0 Å². The fourth-order valence-corrected chi connectivity index (χ4v) is 3.69. The summed E-state index contributed by atoms with van der Waals surface area (Å²) >= 11 is 0. The standard InChI is InChI=1S/C32H51N3O9.2H2S/c1-30(2,3)42-25(36)19-18-24(27(38)44-32(7,8)9)35-28(39)34-23(26(37)43-31(4,5)6)17-13-14-20-33-29(40)41-21-22-15-11-10-12-16-22;;/h10-12,15-16,23-24H,13-14,17-21H2,1-9H3,(H,33,40)(H2,34,35,39);2*1H2/t23-,24-;;/m0../s1. The molecule has 0 aromatic heterocycles. The number of hydrogen-bond donors (Lipinski definition) is 3. The fraction of sp³-hybridized carbons (Fsp3) is 0.656. The lowest BCUT2D eigenvalue weighted by Gasteiger charge is -2.27. The van der Waals surface area contributed by atoms with E-state index in [1.54, 1.807) is 62.3 Å². The summed E-state index contributed by atoms with van der Waals surface area (Å²) in [4.78, 5) is 63.1. The van der Waals surface area contributed by atoms with Crippen LogP contribution in [0.3, 0.4) is 0 Å². The van der Waals surface area contributed by atoms with Crippen LogP contribution in [0.2, 0.25) is 0 Å². The maximum absolute atomic E-state index is 13.0. The van der Waals surface area contributed by atoms with Crippen LogP contribution in [-0.4, -0.2) is 65.5 Å². The number of esters is 3. The van der Waals surface area contributed by atoms with Gasteiger partial charge in [-0.2, -0.15) is 27.0 Å². The number of alkyl carbamates (subject to hydrolysis) is 1. The Hall–Kier alpha value is -3.13. The first-order chi connectivity index (χ1) is 20.2. The smallest absolute Gasteiger partial charge is 0.407 e. The topological polar surface area (TPSA) is 158 Å². The van der Waals surface area contributed by atoms with Crippen molar-refractivity contribution in [3.05, 3.63) is 35.9 Å². The Morgan fingerprint density at radius 1 is 0.674 bits per heavy atom. The normalized spacial score (nSPS) is 12.5. The van der Waals surface area contributed by atoms with E-state index in [4.69, 9.17) is 18.9 Å². The van der Waals surface area contributed by atoms with Gasteiger partial charge in [-0.1, -0.05) is 30.3 Å². The van der Waals surface area contributed by atoms with Crippen molar-refractivity contribution in [2.75, 3.05) is 6.54 Å². The fourth-order valence-electron chi connectivity index (χ4n) is 3.69. The number of carbonyl (C=O) groups excluding carboxylic acids is 5. The third-order valence-electron chi connectivity index (χ3n) is 5.45. The number of urea groups is 1. The lowest BCUT2D eigenvalue weighted by molar-refractivity contribution is -0.159. The first kappa shape index (κ1) is 45.0. The summed E-state index contributed by atoms with van der Waals surface area (Å²) in [6.07, 6.45) is 0.391. The molecule has 12 nitrogen and oxygen atoms in total. The van der Waals surface area contributed by atoms with E-state index in [1.807, 2.05) is 30.3 Å². The quantitative estimate of drug-likeness (QED) is 0.136. The molecule has 3 N–H and O–H groups in total. The Morgan fingerprint density at radius 3 is 1.63 bits per heavy atom. The molecule has 1 aromatic rings. The molecular formula is C32H55N3O9S2. The van der Waals surface area contributed by atoms with Crippen molar-refractivity contribution < 1.29 is 42.9 Å². The van der Waals surface area contributed by atoms with E-state index in [0.717, 1.165) is 5.56 Å². The van der Waals surface area contributed by atoms with Crippen LogP contribution in [0.5, 0.6) is 0 Å². The van der Waals surface area contributed by atoms with Crippen molar-refractivity contribution in [2.24, 2.45) is 0 Å². The summed E-state index contributed by atoms with van der Waals surface area (Å²) < 4.78 is 21.4. The van der Waals surface area contributed by atoms with E-state index in [2.05, 4.69) is 16.0 Å². The molecule has 2 atom stereocenters. The molecule has 0 aliphatic heterocycles. The molecule has 0 aliphatic rings. The maximum atomic E-state index is 13.0. The summed E-state index contributed by atoms with van der Waals surface area (Å²) in [5.41, 5.74) is -1.47. The molecule has 264 valence electrons. The first-order valence-electron chi connectivity index (χ1n) is 14.9. The lowest BCUT2D eigenvalue weighted by atomic mass is 10.1. The van der Waals surface area contributed by atoms with Crippen molar-refractivity contribution in [3.63, 3.8) is 0 Å². The molecule has 3 amide bonds. The molecule has 0 saturated carbocycles. The minimum Gasteiger partial charge on any atom is -0.460 e. The second kappa shape index (κ2) is 20.9. The van der Waals surface area contributed by atoms with Crippen molar-refractivity contribution in [1.29, 1.82) is 0 Å². The van der Waals surface area contributed by atoms with Crippen LogP contribution in [0.25, 0.3) is 0 Å². The molecule has 14 heteroatoms. The molecule has 1 aromatic carbocycles. The van der Waals surface area contributed by atoms with Crippen LogP contribution in [0.15, 0.2) is 30.3 Å². The van der Waals surface area contributed by atoms with Crippen LogP contribution in [-0.2, 0) is 39.9 Å². The third kappa shape index (κ3) is 22.4. The molecule has 0 heterocycles. The number of benzene rings is 1. The van der Waals surface area contributed by atoms with Gasteiger partial charge in [0.05, 0.1) is 0 Å². The number of rotatable bonds is 14. The molecule has 0 fully saturated rings. The zero-order valence-corrected chi connectivity index (χ0v) is 30.7. The van der Waals surface area contributed by atoms with Crippen LogP contribution in [0.1, 0.15) is 100.0 Å². The maximum Gasteiger partial charge on any atom is 0.407 e. The number of amides is 3.